The molecular formula is C16H18F3N3O3. The Morgan fingerprint density at radius 1 is 1.48 bits per heavy atom. The van der Waals surface area contributed by atoms with Crippen LogP contribution in [0.25, 0.3) is 11.1 Å². The molecule has 1 aliphatic rings. The van der Waals surface area contributed by atoms with Gasteiger partial charge in [0.1, 0.15) is 6.61 Å². The van der Waals surface area contributed by atoms with Crippen LogP contribution in [0.2, 0.25) is 0 Å². The van der Waals surface area contributed by atoms with E-state index in [2.05, 4.69) is 10.1 Å². The van der Waals surface area contributed by atoms with Gasteiger partial charge in [-0.3, -0.25) is 4.79 Å². The number of hydrogen-bond acceptors (Lipinski definition) is 5. The van der Waals surface area contributed by atoms with Gasteiger partial charge in [0.15, 0.2) is 0 Å². The number of aromatic nitrogens is 2. The number of carbonyl (C=O) groups is 1. The topological polar surface area (TPSA) is 68.5 Å². The molecule has 2 aromatic rings. The van der Waals surface area contributed by atoms with Crippen molar-refractivity contribution in [2.45, 2.75) is 31.9 Å². The molecule has 0 radical (unpaired) electrons. The normalized spacial score (nSPS) is 18.8. The van der Waals surface area contributed by atoms with Crippen LogP contribution in [-0.4, -0.2) is 47.8 Å². The molecule has 0 aromatic carbocycles. The molecule has 9 heteroatoms. The van der Waals surface area contributed by atoms with Gasteiger partial charge in [-0.05, 0) is 25.8 Å². The smallest absolute Gasteiger partial charge is 0.375 e. The van der Waals surface area contributed by atoms with E-state index in [0.29, 0.717) is 19.4 Å². The summed E-state index contributed by atoms with van der Waals surface area (Å²) in [5.41, 5.74) is -0.498. The number of methoxy groups -OCH3 is 1. The molecule has 0 bridgehead atoms. The molecule has 6 nitrogen and oxygen atoms in total. The number of aryl methyl sites for hydroxylation is 1. The number of amides is 1. The zero-order valence-corrected chi connectivity index (χ0v) is 13.9. The summed E-state index contributed by atoms with van der Waals surface area (Å²) < 4.78 is 50.3. The Bertz CT molecular complexity index is 788. The molecule has 0 aliphatic carbocycles. The van der Waals surface area contributed by atoms with Crippen molar-refractivity contribution in [1.82, 2.24) is 15.0 Å². The van der Waals surface area contributed by atoms with Gasteiger partial charge in [0.2, 0.25) is 5.91 Å². The number of halogens is 3. The Hall–Kier alpha value is -2.16. The lowest BCUT2D eigenvalue weighted by molar-refractivity contribution is -0.137. The molecule has 25 heavy (non-hydrogen) atoms. The fourth-order valence-corrected chi connectivity index (χ4v) is 3.24. The molecule has 2 aromatic heterocycles. The number of likely N-dealkylation sites (tertiary alicyclic amines) is 1. The minimum atomic E-state index is -4.54. The number of pyridine rings is 1. The minimum Gasteiger partial charge on any atom is -0.375 e. The van der Waals surface area contributed by atoms with E-state index >= 15 is 0 Å². The van der Waals surface area contributed by atoms with Gasteiger partial charge in [-0.2, -0.15) is 13.2 Å². The Balaban J connectivity index is 2.00. The van der Waals surface area contributed by atoms with E-state index in [1.807, 2.05) is 0 Å². The van der Waals surface area contributed by atoms with E-state index in [-0.39, 0.29) is 47.5 Å². The summed E-state index contributed by atoms with van der Waals surface area (Å²) in [6.45, 7) is 2.26. The SMILES string of the molecule is COCC(=O)N1CCCC(c2noc3nc(C)cc(C(F)(F)F)c23)C1. The maximum absolute atomic E-state index is 13.4. The zero-order chi connectivity index (χ0) is 18.2. The van der Waals surface area contributed by atoms with Crippen molar-refractivity contribution in [2.75, 3.05) is 26.8 Å². The minimum absolute atomic E-state index is 0.0547. The third kappa shape index (κ3) is 3.46. The van der Waals surface area contributed by atoms with E-state index in [9.17, 15) is 18.0 Å². The van der Waals surface area contributed by atoms with Gasteiger partial charge in [0.25, 0.3) is 5.71 Å². The predicted octanol–water partition coefficient (Wildman–Crippen LogP) is 2.90. The Morgan fingerprint density at radius 2 is 2.24 bits per heavy atom. The highest BCUT2D eigenvalue weighted by atomic mass is 19.4. The highest BCUT2D eigenvalue weighted by molar-refractivity contribution is 5.82. The highest BCUT2D eigenvalue weighted by Gasteiger charge is 2.38. The van der Waals surface area contributed by atoms with Crippen LogP contribution in [0.5, 0.6) is 0 Å². The van der Waals surface area contributed by atoms with Crippen molar-refractivity contribution in [3.63, 3.8) is 0 Å². The summed E-state index contributed by atoms with van der Waals surface area (Å²) in [5, 5.41) is 3.76. The van der Waals surface area contributed by atoms with Crippen LogP contribution >= 0.6 is 0 Å². The fourth-order valence-electron chi connectivity index (χ4n) is 3.24. The third-order valence-electron chi connectivity index (χ3n) is 4.33. The number of hydrogen-bond donors (Lipinski definition) is 0. The molecule has 1 atom stereocenters. The van der Waals surface area contributed by atoms with Crippen LogP contribution in [0.4, 0.5) is 13.2 Å². The molecule has 0 saturated carbocycles. The average Bonchev–Trinajstić information content (AvgIpc) is 2.97. The van der Waals surface area contributed by atoms with Gasteiger partial charge >= 0.3 is 6.18 Å². The number of ether oxygens (including phenoxy) is 1. The molecule has 1 aliphatic heterocycles. The van der Waals surface area contributed by atoms with Crippen molar-refractivity contribution >= 4 is 17.0 Å². The largest absolute Gasteiger partial charge is 0.417 e. The first-order chi connectivity index (χ1) is 11.8. The summed E-state index contributed by atoms with van der Waals surface area (Å²) in [7, 11) is 1.42. The second-order valence-corrected chi connectivity index (χ2v) is 6.17. The van der Waals surface area contributed by atoms with E-state index in [1.165, 1.54) is 14.0 Å². The lowest BCUT2D eigenvalue weighted by Crippen LogP contribution is -2.41. The number of carbonyl (C=O) groups excluding carboxylic acids is 1. The number of rotatable bonds is 3. The molecule has 1 saturated heterocycles. The molecular weight excluding hydrogens is 339 g/mol. The molecule has 1 unspecified atom stereocenters. The molecule has 3 heterocycles. The van der Waals surface area contributed by atoms with Crippen LogP contribution in [0, 0.1) is 6.92 Å². The van der Waals surface area contributed by atoms with Gasteiger partial charge in [-0.1, -0.05) is 5.16 Å². The predicted molar refractivity (Wildman–Crippen MR) is 82.0 cm³/mol. The van der Waals surface area contributed by atoms with Crippen molar-refractivity contribution in [1.29, 1.82) is 0 Å². The summed E-state index contributed by atoms with van der Waals surface area (Å²) in [4.78, 5) is 17.6. The van der Waals surface area contributed by atoms with Crippen molar-refractivity contribution in [3.8, 4) is 0 Å². The fraction of sp³-hybridized carbons (Fsp3) is 0.562. The zero-order valence-electron chi connectivity index (χ0n) is 13.9. The second-order valence-electron chi connectivity index (χ2n) is 6.17. The van der Waals surface area contributed by atoms with Crippen LogP contribution in [0.3, 0.4) is 0 Å². The lowest BCUT2D eigenvalue weighted by Gasteiger charge is -2.32. The number of alkyl halides is 3. The molecule has 1 fully saturated rings. The van der Waals surface area contributed by atoms with Crippen LogP contribution in [0.1, 0.15) is 35.7 Å². The number of fused-ring (bicyclic) bond motifs is 1. The number of piperidine rings is 1. The van der Waals surface area contributed by atoms with Gasteiger partial charge in [-0.25, -0.2) is 4.98 Å². The Morgan fingerprint density at radius 3 is 2.92 bits per heavy atom. The summed E-state index contributed by atoms with van der Waals surface area (Å²) in [5.74, 6) is -0.522. The first-order valence-electron chi connectivity index (χ1n) is 7.92. The Labute approximate surface area is 141 Å². The monoisotopic (exact) mass is 357 g/mol. The number of nitrogens with zero attached hydrogens (tertiary/aromatic N) is 3. The lowest BCUT2D eigenvalue weighted by atomic mass is 9.91. The van der Waals surface area contributed by atoms with E-state index in [1.54, 1.807) is 4.90 Å². The first-order valence-corrected chi connectivity index (χ1v) is 7.92. The third-order valence-corrected chi connectivity index (χ3v) is 4.33. The molecule has 0 spiro atoms. The maximum Gasteiger partial charge on any atom is 0.417 e. The van der Waals surface area contributed by atoms with Gasteiger partial charge in [-0.15, -0.1) is 0 Å². The van der Waals surface area contributed by atoms with Gasteiger partial charge in [0, 0.05) is 31.8 Å². The van der Waals surface area contributed by atoms with E-state index in [0.717, 1.165) is 6.07 Å². The second kappa shape index (κ2) is 6.62. The molecule has 1 amide bonds. The van der Waals surface area contributed by atoms with Crippen molar-refractivity contribution in [3.05, 3.63) is 23.0 Å². The highest BCUT2D eigenvalue weighted by Crippen LogP contribution is 2.39. The molecule has 0 N–H and O–H groups in total. The van der Waals surface area contributed by atoms with Crippen molar-refractivity contribution in [2.24, 2.45) is 0 Å². The summed E-state index contributed by atoms with van der Waals surface area (Å²) >= 11 is 0. The Kier molecular flexibility index (Phi) is 4.68. The standard InChI is InChI=1S/C16H18F3N3O3/c1-9-6-11(16(17,18)19)13-14(21-25-15(13)20-9)10-4-3-5-22(7-10)12(23)8-24-2/h6,10H,3-5,7-8H2,1-2H3. The van der Waals surface area contributed by atoms with Crippen LogP contribution in [-0.2, 0) is 15.7 Å². The quantitative estimate of drug-likeness (QED) is 0.845. The maximum atomic E-state index is 13.4. The van der Waals surface area contributed by atoms with Gasteiger partial charge < -0.3 is 14.2 Å². The van der Waals surface area contributed by atoms with Crippen molar-refractivity contribution < 1.29 is 27.2 Å². The van der Waals surface area contributed by atoms with Crippen LogP contribution in [0.15, 0.2) is 10.6 Å². The van der Waals surface area contributed by atoms with E-state index in [4.69, 9.17) is 9.26 Å². The molecule has 136 valence electrons. The first kappa shape index (κ1) is 17.7. The van der Waals surface area contributed by atoms with Gasteiger partial charge in [0.05, 0.1) is 16.6 Å². The average molecular weight is 357 g/mol. The molecule has 3 rings (SSSR count). The summed E-state index contributed by atoms with van der Waals surface area (Å²) in [6, 6.07) is 1.000. The van der Waals surface area contributed by atoms with Crippen LogP contribution < -0.4 is 0 Å². The van der Waals surface area contributed by atoms with E-state index < -0.39 is 11.7 Å². The summed E-state index contributed by atoms with van der Waals surface area (Å²) in [6.07, 6.45) is -3.23.